The average Bonchev–Trinajstić information content (AvgIpc) is 2.46. The van der Waals surface area contributed by atoms with E-state index in [1.807, 2.05) is 24.3 Å². The second-order valence-electron chi connectivity index (χ2n) is 5.08. The summed E-state index contributed by atoms with van der Waals surface area (Å²) in [6.45, 7) is 0.223. The van der Waals surface area contributed by atoms with Gasteiger partial charge < -0.3 is 15.2 Å². The lowest BCUT2D eigenvalue weighted by atomic mass is 9.69. The molecule has 0 aromatic heterocycles. The minimum Gasteiger partial charge on any atom is -0.468 e. The van der Waals surface area contributed by atoms with Gasteiger partial charge in [-0.25, -0.2) is 0 Å². The van der Waals surface area contributed by atoms with Gasteiger partial charge in [0.25, 0.3) is 0 Å². The summed E-state index contributed by atoms with van der Waals surface area (Å²) >= 11 is 0. The number of ether oxygens (including phenoxy) is 2. The van der Waals surface area contributed by atoms with Crippen molar-refractivity contribution in [2.24, 2.45) is 5.73 Å². The van der Waals surface area contributed by atoms with Crippen molar-refractivity contribution in [3.63, 3.8) is 0 Å². The molecular formula is C15H21NO3. The number of methoxy groups -OCH3 is 1. The molecule has 19 heavy (non-hydrogen) atoms. The van der Waals surface area contributed by atoms with Gasteiger partial charge >= 0.3 is 0 Å². The maximum Gasteiger partial charge on any atom is 0.228 e. The number of primary amides is 1. The monoisotopic (exact) mass is 263 g/mol. The predicted octanol–water partition coefficient (Wildman–Crippen LogP) is 2.36. The standard InChI is InChI=1S/C15H21NO3/c1-18-11-19-13-7-5-12(6-8-13)15(14(16)17)9-3-2-4-10-15/h5-8H,2-4,9-11H2,1H3,(H2,16,17). The second kappa shape index (κ2) is 6.06. The Morgan fingerprint density at radius 1 is 1.21 bits per heavy atom. The van der Waals surface area contributed by atoms with Gasteiger partial charge in [-0.2, -0.15) is 0 Å². The molecule has 0 unspecified atom stereocenters. The van der Waals surface area contributed by atoms with Gasteiger partial charge in [0, 0.05) is 7.11 Å². The normalized spacial score (nSPS) is 17.9. The highest BCUT2D eigenvalue weighted by atomic mass is 16.7. The van der Waals surface area contributed by atoms with Gasteiger partial charge in [-0.1, -0.05) is 31.4 Å². The van der Waals surface area contributed by atoms with Crippen LogP contribution in [-0.2, 0) is 14.9 Å². The van der Waals surface area contributed by atoms with E-state index in [1.54, 1.807) is 7.11 Å². The summed E-state index contributed by atoms with van der Waals surface area (Å²) in [6.07, 6.45) is 5.00. The van der Waals surface area contributed by atoms with E-state index in [0.29, 0.717) is 0 Å². The largest absolute Gasteiger partial charge is 0.468 e. The molecule has 1 amide bonds. The Morgan fingerprint density at radius 2 is 1.84 bits per heavy atom. The molecule has 1 aromatic rings. The first kappa shape index (κ1) is 13.9. The van der Waals surface area contributed by atoms with Crippen LogP contribution in [0.15, 0.2) is 24.3 Å². The molecular weight excluding hydrogens is 242 g/mol. The smallest absolute Gasteiger partial charge is 0.228 e. The third kappa shape index (κ3) is 2.89. The molecule has 2 N–H and O–H groups in total. The maximum atomic E-state index is 11.9. The summed E-state index contributed by atoms with van der Waals surface area (Å²) in [6, 6.07) is 7.63. The molecule has 4 heteroatoms. The lowest BCUT2D eigenvalue weighted by Gasteiger charge is -2.34. The quantitative estimate of drug-likeness (QED) is 0.829. The number of nitrogens with two attached hydrogens (primary N) is 1. The number of hydrogen-bond donors (Lipinski definition) is 1. The van der Waals surface area contributed by atoms with E-state index in [4.69, 9.17) is 15.2 Å². The molecule has 4 nitrogen and oxygen atoms in total. The first-order valence-electron chi connectivity index (χ1n) is 6.71. The zero-order chi connectivity index (χ0) is 13.7. The number of rotatable bonds is 5. The lowest BCUT2D eigenvalue weighted by Crippen LogP contribution is -2.42. The molecule has 0 radical (unpaired) electrons. The Balaban J connectivity index is 2.20. The molecule has 1 aliphatic carbocycles. The van der Waals surface area contributed by atoms with Gasteiger partial charge in [-0.15, -0.1) is 0 Å². The number of hydrogen-bond acceptors (Lipinski definition) is 3. The molecule has 1 saturated carbocycles. The van der Waals surface area contributed by atoms with E-state index in [1.165, 1.54) is 6.42 Å². The molecule has 104 valence electrons. The van der Waals surface area contributed by atoms with Gasteiger partial charge in [0.15, 0.2) is 6.79 Å². The Kier molecular flexibility index (Phi) is 4.43. The fourth-order valence-electron chi connectivity index (χ4n) is 2.83. The van der Waals surface area contributed by atoms with E-state index in [0.717, 1.165) is 37.0 Å². The van der Waals surface area contributed by atoms with Gasteiger partial charge in [-0.05, 0) is 30.5 Å². The van der Waals surface area contributed by atoms with Crippen molar-refractivity contribution < 1.29 is 14.3 Å². The van der Waals surface area contributed by atoms with Crippen LogP contribution >= 0.6 is 0 Å². The summed E-state index contributed by atoms with van der Waals surface area (Å²) in [5.41, 5.74) is 6.18. The Bertz CT molecular complexity index is 422. The summed E-state index contributed by atoms with van der Waals surface area (Å²) < 4.78 is 10.2. The van der Waals surface area contributed by atoms with Crippen LogP contribution in [-0.4, -0.2) is 19.8 Å². The van der Waals surface area contributed by atoms with E-state index < -0.39 is 5.41 Å². The summed E-state index contributed by atoms with van der Waals surface area (Å²) in [5.74, 6) is 0.527. The molecule has 1 aromatic carbocycles. The molecule has 0 aliphatic heterocycles. The topological polar surface area (TPSA) is 61.6 Å². The minimum atomic E-state index is -0.488. The summed E-state index contributed by atoms with van der Waals surface area (Å²) in [5, 5.41) is 0. The highest BCUT2D eigenvalue weighted by molar-refractivity contribution is 5.86. The van der Waals surface area contributed by atoms with Crippen molar-refractivity contribution in [1.29, 1.82) is 0 Å². The van der Waals surface area contributed by atoms with Gasteiger partial charge in [0.2, 0.25) is 5.91 Å². The number of carbonyl (C=O) groups excluding carboxylic acids is 1. The third-order valence-corrected chi connectivity index (χ3v) is 3.93. The highest BCUT2D eigenvalue weighted by Crippen LogP contribution is 2.39. The van der Waals surface area contributed by atoms with Crippen LogP contribution < -0.4 is 10.5 Å². The molecule has 0 saturated heterocycles. The van der Waals surface area contributed by atoms with Crippen molar-refractivity contribution in [2.75, 3.05) is 13.9 Å². The van der Waals surface area contributed by atoms with Crippen LogP contribution in [0.5, 0.6) is 5.75 Å². The first-order valence-corrected chi connectivity index (χ1v) is 6.71. The zero-order valence-electron chi connectivity index (χ0n) is 11.4. The maximum absolute atomic E-state index is 11.9. The molecule has 0 atom stereocenters. The average molecular weight is 263 g/mol. The summed E-state index contributed by atoms with van der Waals surface area (Å²) in [7, 11) is 1.58. The highest BCUT2D eigenvalue weighted by Gasteiger charge is 2.39. The lowest BCUT2D eigenvalue weighted by molar-refractivity contribution is -0.124. The van der Waals surface area contributed by atoms with Gasteiger partial charge in [0.05, 0.1) is 5.41 Å². The van der Waals surface area contributed by atoms with Crippen molar-refractivity contribution >= 4 is 5.91 Å². The Morgan fingerprint density at radius 3 is 2.37 bits per heavy atom. The van der Waals surface area contributed by atoms with Crippen LogP contribution in [0.2, 0.25) is 0 Å². The Hall–Kier alpha value is -1.55. The van der Waals surface area contributed by atoms with Crippen LogP contribution in [0.25, 0.3) is 0 Å². The molecule has 0 heterocycles. The fraction of sp³-hybridized carbons (Fsp3) is 0.533. The minimum absolute atomic E-state index is 0.210. The molecule has 1 fully saturated rings. The molecule has 1 aliphatic rings. The number of benzene rings is 1. The van der Waals surface area contributed by atoms with Gasteiger partial charge in [-0.3, -0.25) is 4.79 Å². The first-order chi connectivity index (χ1) is 9.19. The summed E-state index contributed by atoms with van der Waals surface area (Å²) in [4.78, 5) is 11.9. The molecule has 2 rings (SSSR count). The van der Waals surface area contributed by atoms with E-state index in [9.17, 15) is 4.79 Å². The van der Waals surface area contributed by atoms with Gasteiger partial charge in [0.1, 0.15) is 5.75 Å². The van der Waals surface area contributed by atoms with Crippen molar-refractivity contribution in [2.45, 2.75) is 37.5 Å². The van der Waals surface area contributed by atoms with E-state index in [-0.39, 0.29) is 12.7 Å². The van der Waals surface area contributed by atoms with E-state index >= 15 is 0 Å². The zero-order valence-corrected chi connectivity index (χ0v) is 11.4. The SMILES string of the molecule is COCOc1ccc(C2(C(N)=O)CCCCC2)cc1. The van der Waals surface area contributed by atoms with Crippen molar-refractivity contribution in [3.8, 4) is 5.75 Å². The predicted molar refractivity (Wildman–Crippen MR) is 72.9 cm³/mol. The van der Waals surface area contributed by atoms with E-state index in [2.05, 4.69) is 0 Å². The van der Waals surface area contributed by atoms with Crippen molar-refractivity contribution in [3.05, 3.63) is 29.8 Å². The third-order valence-electron chi connectivity index (χ3n) is 3.93. The second-order valence-corrected chi connectivity index (χ2v) is 5.08. The molecule has 0 bridgehead atoms. The molecule has 0 spiro atoms. The fourth-order valence-corrected chi connectivity index (χ4v) is 2.83. The van der Waals surface area contributed by atoms with Crippen LogP contribution in [0, 0.1) is 0 Å². The Labute approximate surface area is 113 Å². The van der Waals surface area contributed by atoms with Crippen molar-refractivity contribution in [1.82, 2.24) is 0 Å². The number of amides is 1. The van der Waals surface area contributed by atoms with Crippen LogP contribution in [0.3, 0.4) is 0 Å². The van der Waals surface area contributed by atoms with Crippen LogP contribution in [0.1, 0.15) is 37.7 Å². The van der Waals surface area contributed by atoms with Crippen LogP contribution in [0.4, 0.5) is 0 Å². The number of carbonyl (C=O) groups is 1.